The van der Waals surface area contributed by atoms with E-state index in [-0.39, 0.29) is 35.6 Å². The van der Waals surface area contributed by atoms with E-state index in [1.165, 1.54) is 5.38 Å². The van der Waals surface area contributed by atoms with Gasteiger partial charge in [0.15, 0.2) is 17.3 Å². The Morgan fingerprint density at radius 1 is 1.03 bits per heavy atom. The molecule has 0 aliphatic heterocycles. The van der Waals surface area contributed by atoms with Crippen molar-refractivity contribution in [3.05, 3.63) is 80.6 Å². The Morgan fingerprint density at radius 2 is 1.75 bits per heavy atom. The predicted molar refractivity (Wildman–Crippen MR) is 103 cm³/mol. The van der Waals surface area contributed by atoms with Gasteiger partial charge in [0.25, 0.3) is 0 Å². The van der Waals surface area contributed by atoms with Crippen LogP contribution in [0.4, 0.5) is 26.3 Å². The molecule has 0 unspecified atom stereocenters. The number of benzene rings is 2. The van der Waals surface area contributed by atoms with Crippen LogP contribution < -0.4 is 4.74 Å². The molecule has 4 nitrogen and oxygen atoms in total. The first-order valence-electron chi connectivity index (χ1n) is 9.16. The number of carbonyl (C=O) groups excluding carboxylic acids is 1. The highest BCUT2D eigenvalue weighted by atomic mass is 32.1. The molecule has 0 amide bonds. The van der Waals surface area contributed by atoms with Gasteiger partial charge in [0.05, 0.1) is 17.2 Å². The Hall–Kier alpha value is -3.08. The van der Waals surface area contributed by atoms with Gasteiger partial charge in [0.1, 0.15) is 18.2 Å². The van der Waals surface area contributed by atoms with Gasteiger partial charge in [-0.1, -0.05) is 0 Å². The SMILES string of the molecule is CCOC(=O)c1csc(Cc2cc(C(F)(F)F)ccc2OCc2cc(F)c(F)cc2F)n1. The minimum absolute atomic E-state index is 0.0187. The molecule has 0 bridgehead atoms. The monoisotopic (exact) mass is 475 g/mol. The summed E-state index contributed by atoms with van der Waals surface area (Å²) < 4.78 is 90.1. The second-order valence-electron chi connectivity index (χ2n) is 6.49. The van der Waals surface area contributed by atoms with Crippen molar-refractivity contribution in [3.8, 4) is 5.75 Å². The van der Waals surface area contributed by atoms with Crippen molar-refractivity contribution in [2.75, 3.05) is 6.61 Å². The molecular weight excluding hydrogens is 460 g/mol. The average Bonchev–Trinajstić information content (AvgIpc) is 3.18. The van der Waals surface area contributed by atoms with Crippen LogP contribution in [0.2, 0.25) is 0 Å². The van der Waals surface area contributed by atoms with E-state index in [0.717, 1.165) is 29.5 Å². The normalized spacial score (nSPS) is 11.5. The standard InChI is InChI=1S/C21H15F6NO3S/c1-2-30-20(29)17-10-32-19(28-17)7-11-5-13(21(25,26)27)3-4-18(11)31-9-12-6-15(23)16(24)8-14(12)22/h3-6,8,10H,2,7,9H2,1H3. The van der Waals surface area contributed by atoms with Gasteiger partial charge in [0.2, 0.25) is 0 Å². The van der Waals surface area contributed by atoms with Gasteiger partial charge >= 0.3 is 12.1 Å². The van der Waals surface area contributed by atoms with Crippen LogP contribution in [0.1, 0.15) is 39.1 Å². The molecule has 0 aliphatic carbocycles. The minimum Gasteiger partial charge on any atom is -0.488 e. The summed E-state index contributed by atoms with van der Waals surface area (Å²) in [6.45, 7) is 1.21. The number of nitrogens with zero attached hydrogens (tertiary/aromatic N) is 1. The van der Waals surface area contributed by atoms with E-state index in [4.69, 9.17) is 9.47 Å². The van der Waals surface area contributed by atoms with Crippen LogP contribution >= 0.6 is 11.3 Å². The van der Waals surface area contributed by atoms with Crippen molar-refractivity contribution in [1.29, 1.82) is 0 Å². The van der Waals surface area contributed by atoms with Gasteiger partial charge in [0, 0.05) is 29.0 Å². The summed E-state index contributed by atoms with van der Waals surface area (Å²) in [6, 6.07) is 3.65. The van der Waals surface area contributed by atoms with Gasteiger partial charge in [-0.15, -0.1) is 11.3 Å². The topological polar surface area (TPSA) is 48.4 Å². The molecule has 2 aromatic carbocycles. The first-order valence-corrected chi connectivity index (χ1v) is 10.0. The lowest BCUT2D eigenvalue weighted by molar-refractivity contribution is -0.137. The van der Waals surface area contributed by atoms with Crippen LogP contribution in [0, 0.1) is 17.5 Å². The van der Waals surface area contributed by atoms with E-state index in [0.29, 0.717) is 17.1 Å². The van der Waals surface area contributed by atoms with Crippen LogP contribution in [0.3, 0.4) is 0 Å². The van der Waals surface area contributed by atoms with Crippen molar-refractivity contribution in [2.24, 2.45) is 0 Å². The number of ether oxygens (including phenoxy) is 2. The average molecular weight is 475 g/mol. The van der Waals surface area contributed by atoms with Gasteiger partial charge in [-0.3, -0.25) is 0 Å². The maximum absolute atomic E-state index is 13.9. The lowest BCUT2D eigenvalue weighted by Gasteiger charge is -2.14. The van der Waals surface area contributed by atoms with Crippen LogP contribution in [0.5, 0.6) is 5.75 Å². The van der Waals surface area contributed by atoms with Gasteiger partial charge in [-0.2, -0.15) is 13.2 Å². The molecule has 0 aliphatic rings. The number of hydrogen-bond acceptors (Lipinski definition) is 5. The number of aromatic nitrogens is 1. The van der Waals surface area contributed by atoms with Crippen molar-refractivity contribution in [2.45, 2.75) is 26.1 Å². The quantitative estimate of drug-likeness (QED) is 0.242. The zero-order chi connectivity index (χ0) is 23.5. The van der Waals surface area contributed by atoms with E-state index in [9.17, 15) is 31.1 Å². The first kappa shape index (κ1) is 23.6. The molecule has 32 heavy (non-hydrogen) atoms. The highest BCUT2D eigenvalue weighted by Crippen LogP contribution is 2.34. The molecule has 0 radical (unpaired) electrons. The highest BCUT2D eigenvalue weighted by molar-refractivity contribution is 7.09. The maximum Gasteiger partial charge on any atom is 0.416 e. The Bertz CT molecular complexity index is 1130. The summed E-state index contributed by atoms with van der Waals surface area (Å²) in [5.41, 5.74) is -1.17. The summed E-state index contributed by atoms with van der Waals surface area (Å²) in [5, 5.41) is 1.73. The Labute approximate surface area is 182 Å². The number of rotatable bonds is 7. The van der Waals surface area contributed by atoms with Crippen LogP contribution in [-0.2, 0) is 23.9 Å². The third-order valence-electron chi connectivity index (χ3n) is 4.24. The predicted octanol–water partition coefficient (Wildman–Crippen LogP) is 5.93. The van der Waals surface area contributed by atoms with E-state index < -0.39 is 41.8 Å². The van der Waals surface area contributed by atoms with E-state index >= 15 is 0 Å². The molecule has 1 aromatic heterocycles. The zero-order valence-corrected chi connectivity index (χ0v) is 17.2. The van der Waals surface area contributed by atoms with Crippen molar-refractivity contribution < 1.29 is 40.6 Å². The molecule has 1 heterocycles. The second-order valence-corrected chi connectivity index (χ2v) is 7.43. The second kappa shape index (κ2) is 9.60. The van der Waals surface area contributed by atoms with Crippen molar-refractivity contribution in [1.82, 2.24) is 4.98 Å². The molecule has 0 N–H and O–H groups in total. The number of thiazole rings is 1. The Kier molecular flexibility index (Phi) is 7.07. The fraction of sp³-hybridized carbons (Fsp3) is 0.238. The minimum atomic E-state index is -4.63. The van der Waals surface area contributed by atoms with E-state index in [1.54, 1.807) is 6.92 Å². The Morgan fingerprint density at radius 3 is 2.44 bits per heavy atom. The molecule has 0 fully saturated rings. The van der Waals surface area contributed by atoms with Crippen molar-refractivity contribution in [3.63, 3.8) is 0 Å². The molecule has 0 saturated heterocycles. The van der Waals surface area contributed by atoms with E-state index in [1.807, 2.05) is 0 Å². The number of hydrogen-bond donors (Lipinski definition) is 0. The smallest absolute Gasteiger partial charge is 0.416 e. The molecular formula is C21H15F6NO3S. The molecule has 3 rings (SSSR count). The van der Waals surface area contributed by atoms with Gasteiger partial charge in [-0.05, 0) is 31.2 Å². The van der Waals surface area contributed by atoms with Gasteiger partial charge < -0.3 is 9.47 Å². The van der Waals surface area contributed by atoms with Crippen molar-refractivity contribution >= 4 is 17.3 Å². The number of halogens is 6. The molecule has 0 spiro atoms. The fourth-order valence-corrected chi connectivity index (χ4v) is 3.50. The zero-order valence-electron chi connectivity index (χ0n) is 16.4. The summed E-state index contributed by atoms with van der Waals surface area (Å²) in [6.07, 6.45) is -4.75. The summed E-state index contributed by atoms with van der Waals surface area (Å²) >= 11 is 1.04. The maximum atomic E-state index is 13.9. The highest BCUT2D eigenvalue weighted by Gasteiger charge is 2.31. The number of esters is 1. The van der Waals surface area contributed by atoms with Gasteiger partial charge in [-0.25, -0.2) is 22.9 Å². The fourth-order valence-electron chi connectivity index (χ4n) is 2.72. The van der Waals surface area contributed by atoms with E-state index in [2.05, 4.69) is 4.98 Å². The summed E-state index contributed by atoms with van der Waals surface area (Å²) in [4.78, 5) is 15.8. The molecule has 0 saturated carbocycles. The number of alkyl halides is 3. The molecule has 0 atom stereocenters. The van der Waals surface area contributed by atoms with Crippen LogP contribution in [-0.4, -0.2) is 17.6 Å². The third kappa shape index (κ3) is 5.58. The first-order chi connectivity index (χ1) is 15.1. The van der Waals surface area contributed by atoms with Crippen LogP contribution in [0.25, 0.3) is 0 Å². The lowest BCUT2D eigenvalue weighted by atomic mass is 10.1. The third-order valence-corrected chi connectivity index (χ3v) is 5.09. The molecule has 3 aromatic rings. The largest absolute Gasteiger partial charge is 0.488 e. The Balaban J connectivity index is 1.88. The summed E-state index contributed by atoms with van der Waals surface area (Å²) in [7, 11) is 0. The van der Waals surface area contributed by atoms with Crippen LogP contribution in [0.15, 0.2) is 35.7 Å². The summed E-state index contributed by atoms with van der Waals surface area (Å²) in [5.74, 6) is -4.41. The number of carbonyl (C=O) groups is 1. The lowest BCUT2D eigenvalue weighted by Crippen LogP contribution is -2.08. The molecule has 11 heteroatoms. The molecule has 170 valence electrons.